The summed E-state index contributed by atoms with van der Waals surface area (Å²) < 4.78 is 7.00. The number of para-hydroxylation sites is 2. The van der Waals surface area contributed by atoms with Crippen molar-refractivity contribution in [2.45, 2.75) is 13.8 Å². The second-order valence-electron chi connectivity index (χ2n) is 6.72. The number of hydrogen-bond acceptors (Lipinski definition) is 5. The Hall–Kier alpha value is -4.07. The fourth-order valence-corrected chi connectivity index (χ4v) is 3.26. The molecular formula is C22H20N4O4. The summed E-state index contributed by atoms with van der Waals surface area (Å²) >= 11 is 0. The zero-order valence-corrected chi connectivity index (χ0v) is 16.5. The highest BCUT2D eigenvalue weighted by molar-refractivity contribution is 6.09. The second kappa shape index (κ2) is 7.75. The summed E-state index contributed by atoms with van der Waals surface area (Å²) in [5, 5.41) is 17.9. The van der Waals surface area contributed by atoms with Crippen LogP contribution >= 0.6 is 0 Å². The van der Waals surface area contributed by atoms with Crippen molar-refractivity contribution < 1.29 is 14.6 Å². The number of anilines is 1. The highest BCUT2D eigenvalue weighted by Gasteiger charge is 2.22. The molecule has 8 heteroatoms. The number of hydrogen-bond donors (Lipinski definition) is 3. The molecule has 0 aliphatic rings. The molecule has 0 fully saturated rings. The Balaban J connectivity index is 1.76. The van der Waals surface area contributed by atoms with Crippen LogP contribution in [-0.2, 0) is 0 Å². The van der Waals surface area contributed by atoms with Gasteiger partial charge in [-0.25, -0.2) is 4.68 Å². The minimum atomic E-state index is -0.744. The molecule has 0 saturated carbocycles. The summed E-state index contributed by atoms with van der Waals surface area (Å²) in [4.78, 5) is 28.2. The minimum Gasteiger partial charge on any atom is -0.506 e. The molecule has 0 aliphatic heterocycles. The van der Waals surface area contributed by atoms with E-state index in [1.807, 2.05) is 38.1 Å². The van der Waals surface area contributed by atoms with Crippen molar-refractivity contribution in [2.24, 2.45) is 0 Å². The van der Waals surface area contributed by atoms with Crippen molar-refractivity contribution in [1.82, 2.24) is 14.8 Å². The van der Waals surface area contributed by atoms with Gasteiger partial charge < -0.3 is 20.1 Å². The van der Waals surface area contributed by atoms with Crippen molar-refractivity contribution in [3.05, 3.63) is 76.2 Å². The molecule has 2 aromatic carbocycles. The third-order valence-corrected chi connectivity index (χ3v) is 4.63. The molecule has 0 spiro atoms. The first-order valence-electron chi connectivity index (χ1n) is 9.42. The molecule has 0 aliphatic carbocycles. The van der Waals surface area contributed by atoms with Crippen LogP contribution in [0.3, 0.4) is 0 Å². The third kappa shape index (κ3) is 3.39. The van der Waals surface area contributed by atoms with Gasteiger partial charge in [-0.3, -0.25) is 9.59 Å². The Bertz CT molecular complexity index is 1310. The van der Waals surface area contributed by atoms with Gasteiger partial charge >= 0.3 is 0 Å². The smallest absolute Gasteiger partial charge is 0.266 e. The second-order valence-corrected chi connectivity index (χ2v) is 6.72. The number of H-pyrrole nitrogens is 1. The number of ether oxygens (including phenoxy) is 1. The maximum atomic E-state index is 12.8. The Morgan fingerprint density at radius 1 is 1.23 bits per heavy atom. The Morgan fingerprint density at radius 2 is 2.03 bits per heavy atom. The van der Waals surface area contributed by atoms with Gasteiger partial charge in [0, 0.05) is 0 Å². The van der Waals surface area contributed by atoms with E-state index in [1.165, 1.54) is 10.9 Å². The lowest BCUT2D eigenvalue weighted by atomic mass is 10.1. The van der Waals surface area contributed by atoms with Crippen LogP contribution in [-0.4, -0.2) is 32.4 Å². The van der Waals surface area contributed by atoms with Gasteiger partial charge in [0.1, 0.15) is 22.7 Å². The van der Waals surface area contributed by atoms with E-state index in [0.29, 0.717) is 23.7 Å². The van der Waals surface area contributed by atoms with Crippen LogP contribution in [0.25, 0.3) is 16.7 Å². The van der Waals surface area contributed by atoms with Gasteiger partial charge in [0.05, 0.1) is 29.6 Å². The number of nitrogens with one attached hydrogen (secondary N) is 2. The standard InChI is InChI=1S/C22H20N4O4/c1-3-30-17-10-5-4-9-16(17)24-21(28)18-19(27)15-12-23-26(20(15)25-22(18)29)14-8-6-7-13(2)11-14/h4-12H,3H2,1-2H3,(H,24,28)(H2,25,27,29). The van der Waals surface area contributed by atoms with Gasteiger partial charge in [-0.15, -0.1) is 0 Å². The van der Waals surface area contributed by atoms with E-state index in [0.717, 1.165) is 11.3 Å². The van der Waals surface area contributed by atoms with Crippen LogP contribution in [0.4, 0.5) is 5.69 Å². The molecule has 0 radical (unpaired) electrons. The normalized spacial score (nSPS) is 10.9. The number of pyridine rings is 1. The first-order valence-corrected chi connectivity index (χ1v) is 9.42. The number of aromatic amines is 1. The van der Waals surface area contributed by atoms with Crippen LogP contribution in [0.1, 0.15) is 22.8 Å². The average molecular weight is 404 g/mol. The van der Waals surface area contributed by atoms with Gasteiger partial charge in [0.2, 0.25) is 0 Å². The van der Waals surface area contributed by atoms with Crippen molar-refractivity contribution >= 4 is 22.6 Å². The summed E-state index contributed by atoms with van der Waals surface area (Å²) in [6.07, 6.45) is 1.41. The third-order valence-electron chi connectivity index (χ3n) is 4.63. The van der Waals surface area contributed by atoms with Crippen LogP contribution in [0.2, 0.25) is 0 Å². The van der Waals surface area contributed by atoms with E-state index in [-0.39, 0.29) is 5.39 Å². The van der Waals surface area contributed by atoms with E-state index in [9.17, 15) is 14.7 Å². The van der Waals surface area contributed by atoms with Gasteiger partial charge in [0.15, 0.2) is 0 Å². The Kier molecular flexibility index (Phi) is 4.97. The zero-order valence-electron chi connectivity index (χ0n) is 16.5. The summed E-state index contributed by atoms with van der Waals surface area (Å²) in [5.74, 6) is -0.706. The molecule has 3 N–H and O–H groups in total. The molecule has 30 heavy (non-hydrogen) atoms. The lowest BCUT2D eigenvalue weighted by Gasteiger charge is -2.12. The number of fused-ring (bicyclic) bond motifs is 1. The van der Waals surface area contributed by atoms with E-state index in [4.69, 9.17) is 4.74 Å². The topological polar surface area (TPSA) is 109 Å². The summed E-state index contributed by atoms with van der Waals surface area (Å²) in [5.41, 5.74) is 1.33. The molecule has 0 saturated heterocycles. The molecule has 8 nitrogen and oxygen atoms in total. The number of aryl methyl sites for hydroxylation is 1. The molecule has 152 valence electrons. The quantitative estimate of drug-likeness (QED) is 0.472. The molecule has 4 aromatic rings. The monoisotopic (exact) mass is 404 g/mol. The van der Waals surface area contributed by atoms with Crippen molar-refractivity contribution in [1.29, 1.82) is 0 Å². The molecule has 4 rings (SSSR count). The van der Waals surface area contributed by atoms with E-state index in [2.05, 4.69) is 15.4 Å². The predicted molar refractivity (Wildman–Crippen MR) is 114 cm³/mol. The number of aromatic hydroxyl groups is 1. The number of nitrogens with zero attached hydrogens (tertiary/aromatic N) is 2. The first-order chi connectivity index (χ1) is 14.5. The number of carbonyl (C=O) groups excluding carboxylic acids is 1. The molecule has 0 bridgehead atoms. The largest absolute Gasteiger partial charge is 0.506 e. The van der Waals surface area contributed by atoms with Crippen molar-refractivity contribution in [2.75, 3.05) is 11.9 Å². The molecule has 0 atom stereocenters. The number of benzene rings is 2. The number of rotatable bonds is 5. The average Bonchev–Trinajstić information content (AvgIpc) is 3.14. The predicted octanol–water partition coefficient (Wildman–Crippen LogP) is 3.38. The van der Waals surface area contributed by atoms with Crippen LogP contribution in [0.15, 0.2) is 59.5 Å². The number of amides is 1. The van der Waals surface area contributed by atoms with Gasteiger partial charge in [-0.05, 0) is 43.7 Å². The Labute approximate surface area is 171 Å². The maximum absolute atomic E-state index is 12.8. The van der Waals surface area contributed by atoms with Crippen LogP contribution in [0.5, 0.6) is 11.5 Å². The minimum absolute atomic E-state index is 0.263. The Morgan fingerprint density at radius 3 is 2.80 bits per heavy atom. The SMILES string of the molecule is CCOc1ccccc1NC(=O)c1c(O)c2cnn(-c3cccc(C)c3)c2[nH]c1=O. The lowest BCUT2D eigenvalue weighted by Crippen LogP contribution is -2.24. The van der Waals surface area contributed by atoms with Gasteiger partial charge in [0.25, 0.3) is 11.5 Å². The van der Waals surface area contributed by atoms with E-state index in [1.54, 1.807) is 24.3 Å². The molecule has 2 aromatic heterocycles. The zero-order chi connectivity index (χ0) is 21.3. The van der Waals surface area contributed by atoms with Crippen molar-refractivity contribution in [3.63, 3.8) is 0 Å². The highest BCUT2D eigenvalue weighted by Crippen LogP contribution is 2.29. The molecule has 0 unspecified atom stereocenters. The van der Waals surface area contributed by atoms with Crippen molar-refractivity contribution in [3.8, 4) is 17.2 Å². The maximum Gasteiger partial charge on any atom is 0.266 e. The fraction of sp³-hybridized carbons (Fsp3) is 0.136. The summed E-state index contributed by atoms with van der Waals surface area (Å²) in [6.45, 7) is 4.19. The van der Waals surface area contributed by atoms with Gasteiger partial charge in [-0.1, -0.05) is 24.3 Å². The van der Waals surface area contributed by atoms with Gasteiger partial charge in [-0.2, -0.15) is 5.10 Å². The van der Waals surface area contributed by atoms with E-state index >= 15 is 0 Å². The number of carbonyl (C=O) groups is 1. The summed E-state index contributed by atoms with van der Waals surface area (Å²) in [6, 6.07) is 14.4. The molecule has 1 amide bonds. The summed E-state index contributed by atoms with van der Waals surface area (Å²) in [7, 11) is 0. The lowest BCUT2D eigenvalue weighted by molar-refractivity contribution is 0.102. The number of aromatic nitrogens is 3. The molecule has 2 heterocycles. The molecular weight excluding hydrogens is 384 g/mol. The van der Waals surface area contributed by atoms with Crippen LogP contribution in [0, 0.1) is 6.92 Å². The van der Waals surface area contributed by atoms with Crippen LogP contribution < -0.4 is 15.6 Å². The van der Waals surface area contributed by atoms with E-state index < -0.39 is 22.8 Å². The fourth-order valence-electron chi connectivity index (χ4n) is 3.26. The highest BCUT2D eigenvalue weighted by atomic mass is 16.5. The first kappa shape index (κ1) is 19.3.